The lowest BCUT2D eigenvalue weighted by Gasteiger charge is -2.27. The van der Waals surface area contributed by atoms with E-state index in [-0.39, 0.29) is 0 Å². The smallest absolute Gasteiger partial charge is 0.0236 e. The molecule has 0 spiro atoms. The van der Waals surface area contributed by atoms with Crippen LogP contribution < -0.4 is 5.32 Å². The van der Waals surface area contributed by atoms with Crippen molar-refractivity contribution in [2.45, 2.75) is 40.2 Å². The molecule has 0 saturated carbocycles. The van der Waals surface area contributed by atoms with Crippen molar-refractivity contribution in [3.05, 3.63) is 35.4 Å². The molecule has 1 unspecified atom stereocenters. The summed E-state index contributed by atoms with van der Waals surface area (Å²) in [6.45, 7) is 11.8. The molecular weight excluding hydrogens is 244 g/mol. The maximum absolute atomic E-state index is 3.25. The fourth-order valence-corrected chi connectivity index (χ4v) is 3.14. The van der Waals surface area contributed by atoms with Gasteiger partial charge in [0.2, 0.25) is 0 Å². The van der Waals surface area contributed by atoms with Gasteiger partial charge in [-0.1, -0.05) is 45.0 Å². The van der Waals surface area contributed by atoms with Gasteiger partial charge in [0.05, 0.1) is 0 Å². The lowest BCUT2D eigenvalue weighted by Crippen LogP contribution is -2.26. The maximum atomic E-state index is 3.25. The number of likely N-dealkylation sites (N-methyl/N-ethyl adjacent to an activating group) is 1. The average Bonchev–Trinajstić information content (AvgIpc) is 2.86. The first-order valence-electron chi connectivity index (χ1n) is 7.94. The Morgan fingerprint density at radius 1 is 1.20 bits per heavy atom. The molecule has 0 radical (unpaired) electrons. The fraction of sp³-hybridized carbons (Fsp3) is 0.667. The molecule has 1 aliphatic rings. The zero-order valence-corrected chi connectivity index (χ0v) is 13.6. The van der Waals surface area contributed by atoms with E-state index in [9.17, 15) is 0 Å². The molecule has 1 N–H and O–H groups in total. The molecular formula is C18H30N2. The number of nitrogens with one attached hydrogen (secondary N) is 1. The molecule has 1 aliphatic heterocycles. The van der Waals surface area contributed by atoms with Gasteiger partial charge in [0.1, 0.15) is 0 Å². The maximum Gasteiger partial charge on any atom is 0.0236 e. The normalized spacial score (nSPS) is 20.5. The molecule has 112 valence electrons. The summed E-state index contributed by atoms with van der Waals surface area (Å²) in [7, 11) is 2.02. The summed E-state index contributed by atoms with van der Waals surface area (Å²) in [5.74, 6) is 0.840. The molecule has 0 aliphatic carbocycles. The van der Waals surface area contributed by atoms with Crippen LogP contribution in [0.25, 0.3) is 0 Å². The molecule has 2 rings (SSSR count). The second kappa shape index (κ2) is 6.73. The van der Waals surface area contributed by atoms with E-state index in [1.165, 1.54) is 30.6 Å². The fourth-order valence-electron chi connectivity index (χ4n) is 3.14. The van der Waals surface area contributed by atoms with E-state index in [0.717, 1.165) is 25.4 Å². The third-order valence-corrected chi connectivity index (χ3v) is 4.65. The minimum atomic E-state index is 0.445. The third-order valence-electron chi connectivity index (χ3n) is 4.65. The van der Waals surface area contributed by atoms with Gasteiger partial charge in [-0.15, -0.1) is 0 Å². The minimum Gasteiger partial charge on any atom is -0.319 e. The van der Waals surface area contributed by atoms with Crippen molar-refractivity contribution >= 4 is 0 Å². The van der Waals surface area contributed by atoms with Crippen molar-refractivity contribution in [2.24, 2.45) is 11.3 Å². The van der Waals surface area contributed by atoms with E-state index >= 15 is 0 Å². The highest BCUT2D eigenvalue weighted by molar-refractivity contribution is 5.27. The van der Waals surface area contributed by atoms with Gasteiger partial charge in [-0.25, -0.2) is 0 Å². The number of rotatable bonds is 5. The lowest BCUT2D eigenvalue weighted by molar-refractivity contribution is 0.226. The molecule has 0 aromatic heterocycles. The molecule has 20 heavy (non-hydrogen) atoms. The Morgan fingerprint density at radius 2 is 1.90 bits per heavy atom. The summed E-state index contributed by atoms with van der Waals surface area (Å²) >= 11 is 0. The Hall–Kier alpha value is -0.860. The van der Waals surface area contributed by atoms with E-state index in [1.807, 2.05) is 7.05 Å². The van der Waals surface area contributed by atoms with E-state index in [0.29, 0.717) is 5.41 Å². The summed E-state index contributed by atoms with van der Waals surface area (Å²) in [5, 5.41) is 3.25. The van der Waals surface area contributed by atoms with Gasteiger partial charge in [0.25, 0.3) is 0 Å². The molecule has 1 heterocycles. The number of hydrogen-bond acceptors (Lipinski definition) is 2. The van der Waals surface area contributed by atoms with Gasteiger partial charge >= 0.3 is 0 Å². The van der Waals surface area contributed by atoms with Crippen molar-refractivity contribution in [3.63, 3.8) is 0 Å². The topological polar surface area (TPSA) is 15.3 Å². The van der Waals surface area contributed by atoms with Gasteiger partial charge in [-0.3, -0.25) is 4.90 Å². The minimum absolute atomic E-state index is 0.445. The van der Waals surface area contributed by atoms with Crippen LogP contribution in [0.5, 0.6) is 0 Å². The predicted molar refractivity (Wildman–Crippen MR) is 86.9 cm³/mol. The van der Waals surface area contributed by atoms with Gasteiger partial charge in [0, 0.05) is 13.1 Å². The van der Waals surface area contributed by atoms with Crippen LogP contribution in [0, 0.1) is 11.3 Å². The van der Waals surface area contributed by atoms with Crippen molar-refractivity contribution in [2.75, 3.05) is 26.7 Å². The third kappa shape index (κ3) is 4.07. The number of hydrogen-bond donors (Lipinski definition) is 1. The van der Waals surface area contributed by atoms with Crippen LogP contribution >= 0.6 is 0 Å². The summed E-state index contributed by atoms with van der Waals surface area (Å²) in [4.78, 5) is 2.63. The second-order valence-corrected chi connectivity index (χ2v) is 7.21. The Labute approximate surface area is 124 Å². The van der Waals surface area contributed by atoms with Crippen LogP contribution in [0.15, 0.2) is 24.3 Å². The highest BCUT2D eigenvalue weighted by atomic mass is 15.1. The van der Waals surface area contributed by atoms with E-state index in [4.69, 9.17) is 0 Å². The first kappa shape index (κ1) is 15.5. The molecule has 1 aromatic rings. The lowest BCUT2D eigenvalue weighted by atomic mass is 9.80. The van der Waals surface area contributed by atoms with Crippen LogP contribution in [0.1, 0.15) is 38.3 Å². The van der Waals surface area contributed by atoms with E-state index < -0.39 is 0 Å². The zero-order chi connectivity index (χ0) is 14.6. The van der Waals surface area contributed by atoms with E-state index in [2.05, 4.69) is 55.3 Å². The first-order valence-corrected chi connectivity index (χ1v) is 7.94. The highest BCUT2D eigenvalue weighted by Crippen LogP contribution is 2.34. The Balaban J connectivity index is 1.97. The summed E-state index contributed by atoms with van der Waals surface area (Å²) < 4.78 is 0. The van der Waals surface area contributed by atoms with Crippen molar-refractivity contribution in [1.29, 1.82) is 0 Å². The van der Waals surface area contributed by atoms with Crippen molar-refractivity contribution < 1.29 is 0 Å². The van der Waals surface area contributed by atoms with Gasteiger partial charge in [-0.2, -0.15) is 0 Å². The number of benzene rings is 1. The molecule has 0 bridgehead atoms. The Morgan fingerprint density at radius 3 is 2.50 bits per heavy atom. The molecule has 2 nitrogen and oxygen atoms in total. The molecule has 2 heteroatoms. The molecule has 1 saturated heterocycles. The molecule has 0 amide bonds. The average molecular weight is 274 g/mol. The zero-order valence-electron chi connectivity index (χ0n) is 13.6. The largest absolute Gasteiger partial charge is 0.319 e. The molecule has 1 atom stereocenters. The van der Waals surface area contributed by atoms with Gasteiger partial charge in [-0.05, 0) is 55.4 Å². The van der Waals surface area contributed by atoms with Crippen molar-refractivity contribution in [3.8, 4) is 0 Å². The monoisotopic (exact) mass is 274 g/mol. The van der Waals surface area contributed by atoms with Crippen LogP contribution in [0.4, 0.5) is 0 Å². The SMILES string of the molecule is CNCCc1ccccc1CN1CCC(C(C)(C)C)C1. The standard InChI is InChI=1S/C18H30N2/c1-18(2,3)17-10-12-20(14-17)13-16-8-6-5-7-15(16)9-11-19-4/h5-8,17,19H,9-14H2,1-4H3. The summed E-state index contributed by atoms with van der Waals surface area (Å²) in [6, 6.07) is 8.92. The van der Waals surface area contributed by atoms with Crippen LogP contribution in [0.3, 0.4) is 0 Å². The van der Waals surface area contributed by atoms with Crippen LogP contribution in [-0.4, -0.2) is 31.6 Å². The second-order valence-electron chi connectivity index (χ2n) is 7.21. The predicted octanol–water partition coefficient (Wildman–Crippen LogP) is 3.32. The van der Waals surface area contributed by atoms with Gasteiger partial charge in [0.15, 0.2) is 0 Å². The number of likely N-dealkylation sites (tertiary alicyclic amines) is 1. The summed E-state index contributed by atoms with van der Waals surface area (Å²) in [6.07, 6.45) is 2.48. The quantitative estimate of drug-likeness (QED) is 0.886. The Kier molecular flexibility index (Phi) is 5.22. The summed E-state index contributed by atoms with van der Waals surface area (Å²) in [5.41, 5.74) is 3.46. The molecule has 1 fully saturated rings. The van der Waals surface area contributed by atoms with Crippen LogP contribution in [0.2, 0.25) is 0 Å². The van der Waals surface area contributed by atoms with E-state index in [1.54, 1.807) is 0 Å². The first-order chi connectivity index (χ1) is 9.50. The number of nitrogens with zero attached hydrogens (tertiary/aromatic N) is 1. The van der Waals surface area contributed by atoms with Crippen molar-refractivity contribution in [1.82, 2.24) is 10.2 Å². The highest BCUT2D eigenvalue weighted by Gasteiger charge is 2.31. The Bertz CT molecular complexity index is 420. The van der Waals surface area contributed by atoms with Gasteiger partial charge < -0.3 is 5.32 Å². The van der Waals surface area contributed by atoms with Crippen LogP contribution in [-0.2, 0) is 13.0 Å². The molecule has 1 aromatic carbocycles.